The van der Waals surface area contributed by atoms with Crippen LogP contribution in [0.2, 0.25) is 0 Å². The highest BCUT2D eigenvalue weighted by atomic mass is 32.2. The number of aromatic nitrogens is 4. The van der Waals surface area contributed by atoms with Gasteiger partial charge in [0.25, 0.3) is 0 Å². The molecule has 0 radical (unpaired) electrons. The second-order valence-electron chi connectivity index (χ2n) is 5.47. The van der Waals surface area contributed by atoms with E-state index in [9.17, 15) is 8.42 Å². The fourth-order valence-corrected chi connectivity index (χ4v) is 4.36. The molecule has 4 aromatic rings. The first-order valence-electron chi connectivity index (χ1n) is 7.70. The first-order chi connectivity index (χ1) is 12.6. The molecule has 0 aliphatic rings. The van der Waals surface area contributed by atoms with Crippen LogP contribution in [-0.2, 0) is 16.6 Å². The molecule has 9 heteroatoms. The van der Waals surface area contributed by atoms with Crippen LogP contribution in [-0.4, -0.2) is 27.1 Å². The average molecular weight is 383 g/mol. The zero-order valence-corrected chi connectivity index (χ0v) is 15.0. The highest BCUT2D eigenvalue weighted by Crippen LogP contribution is 2.23. The van der Waals surface area contributed by atoms with Gasteiger partial charge in [0, 0.05) is 30.7 Å². The molecule has 26 heavy (non-hydrogen) atoms. The average Bonchev–Trinajstić information content (AvgIpc) is 3.16. The van der Waals surface area contributed by atoms with Crippen molar-refractivity contribution >= 4 is 32.8 Å². The third-order valence-electron chi connectivity index (χ3n) is 3.82. The summed E-state index contributed by atoms with van der Waals surface area (Å²) in [5, 5.41) is 0. The molecule has 0 aliphatic heterocycles. The Morgan fingerprint density at radius 1 is 1.00 bits per heavy atom. The molecule has 3 aromatic heterocycles. The molecule has 0 aliphatic carbocycles. The Hall–Kier alpha value is -2.75. The van der Waals surface area contributed by atoms with E-state index in [1.807, 2.05) is 18.2 Å². The molecule has 0 saturated heterocycles. The summed E-state index contributed by atoms with van der Waals surface area (Å²) in [6.07, 6.45) is 5.04. The third kappa shape index (κ3) is 3.19. The summed E-state index contributed by atoms with van der Waals surface area (Å²) in [7, 11) is -3.74. The summed E-state index contributed by atoms with van der Waals surface area (Å²) in [6.45, 7) is 0.106. The van der Waals surface area contributed by atoms with Gasteiger partial charge in [-0.15, -0.1) is 0 Å². The molecule has 3 heterocycles. The standard InChI is InChI=1S/C17H13N5O2S2/c23-26(24,15-7-1-6-14-17(15)22-25-21-14)20-11-13-5-3-9-19-16(13)12-4-2-8-18-10-12/h1-10,20H,11H2. The molecule has 1 aromatic carbocycles. The van der Waals surface area contributed by atoms with Crippen LogP contribution in [0.1, 0.15) is 5.56 Å². The zero-order chi connectivity index (χ0) is 18.0. The summed E-state index contributed by atoms with van der Waals surface area (Å²) < 4.78 is 36.3. The van der Waals surface area contributed by atoms with Crippen molar-refractivity contribution in [1.29, 1.82) is 0 Å². The van der Waals surface area contributed by atoms with Crippen molar-refractivity contribution in [3.8, 4) is 11.3 Å². The maximum absolute atomic E-state index is 12.8. The summed E-state index contributed by atoms with van der Waals surface area (Å²) in [4.78, 5) is 8.58. The Labute approximate surface area is 154 Å². The third-order valence-corrected chi connectivity index (χ3v) is 5.79. The van der Waals surface area contributed by atoms with Crippen LogP contribution >= 0.6 is 11.7 Å². The molecule has 0 spiro atoms. The van der Waals surface area contributed by atoms with E-state index in [4.69, 9.17) is 0 Å². The number of sulfonamides is 1. The van der Waals surface area contributed by atoms with Crippen molar-refractivity contribution in [3.63, 3.8) is 0 Å². The molecule has 0 saturated carbocycles. The molecule has 0 unspecified atom stereocenters. The van der Waals surface area contributed by atoms with Crippen LogP contribution in [0.25, 0.3) is 22.3 Å². The predicted octanol–water partition coefficient (Wildman–Crippen LogP) is 2.63. The van der Waals surface area contributed by atoms with Gasteiger partial charge in [-0.1, -0.05) is 12.1 Å². The number of nitrogens with one attached hydrogen (secondary N) is 1. The van der Waals surface area contributed by atoms with Crippen molar-refractivity contribution in [3.05, 3.63) is 66.6 Å². The molecular weight excluding hydrogens is 370 g/mol. The lowest BCUT2D eigenvalue weighted by atomic mass is 10.1. The summed E-state index contributed by atoms with van der Waals surface area (Å²) in [6, 6.07) is 12.2. The van der Waals surface area contributed by atoms with E-state index >= 15 is 0 Å². The maximum atomic E-state index is 12.8. The van der Waals surface area contributed by atoms with Crippen molar-refractivity contribution in [2.24, 2.45) is 0 Å². The smallest absolute Gasteiger partial charge is 0.243 e. The summed E-state index contributed by atoms with van der Waals surface area (Å²) >= 11 is 0.988. The van der Waals surface area contributed by atoms with Crippen LogP contribution in [0.4, 0.5) is 0 Å². The highest BCUT2D eigenvalue weighted by Gasteiger charge is 2.20. The second-order valence-corrected chi connectivity index (χ2v) is 7.73. The Balaban J connectivity index is 1.65. The topological polar surface area (TPSA) is 97.7 Å². The van der Waals surface area contributed by atoms with Gasteiger partial charge in [-0.2, -0.15) is 8.75 Å². The largest absolute Gasteiger partial charge is 0.264 e. The molecular formula is C17H13N5O2S2. The fourth-order valence-electron chi connectivity index (χ4n) is 2.59. The van der Waals surface area contributed by atoms with Gasteiger partial charge in [0.1, 0.15) is 15.9 Å². The van der Waals surface area contributed by atoms with E-state index in [1.165, 1.54) is 6.07 Å². The van der Waals surface area contributed by atoms with Crippen LogP contribution in [0.15, 0.2) is 66.0 Å². The molecule has 1 N–H and O–H groups in total. The van der Waals surface area contributed by atoms with Crippen molar-refractivity contribution < 1.29 is 8.42 Å². The number of benzene rings is 1. The van der Waals surface area contributed by atoms with E-state index in [0.717, 1.165) is 22.9 Å². The minimum absolute atomic E-state index is 0.106. The van der Waals surface area contributed by atoms with Crippen LogP contribution in [0.5, 0.6) is 0 Å². The zero-order valence-electron chi connectivity index (χ0n) is 13.4. The quantitative estimate of drug-likeness (QED) is 0.569. The SMILES string of the molecule is O=S(=O)(NCc1cccnc1-c1cccnc1)c1cccc2nsnc12. The number of rotatable bonds is 5. The van der Waals surface area contributed by atoms with Crippen LogP contribution < -0.4 is 4.72 Å². The molecule has 0 fully saturated rings. The Morgan fingerprint density at radius 3 is 2.73 bits per heavy atom. The minimum atomic E-state index is -3.74. The maximum Gasteiger partial charge on any atom is 0.243 e. The van der Waals surface area contributed by atoms with Gasteiger partial charge in [-0.05, 0) is 35.9 Å². The molecule has 0 bridgehead atoms. The van der Waals surface area contributed by atoms with Gasteiger partial charge in [0.15, 0.2) is 0 Å². The molecule has 4 rings (SSSR count). The van der Waals surface area contributed by atoms with Gasteiger partial charge < -0.3 is 0 Å². The van der Waals surface area contributed by atoms with Crippen LogP contribution in [0, 0.1) is 0 Å². The summed E-state index contributed by atoms with van der Waals surface area (Å²) in [5.74, 6) is 0. The van der Waals surface area contributed by atoms with Crippen LogP contribution in [0.3, 0.4) is 0 Å². The van der Waals surface area contributed by atoms with E-state index < -0.39 is 10.0 Å². The van der Waals surface area contributed by atoms with E-state index in [2.05, 4.69) is 23.4 Å². The van der Waals surface area contributed by atoms with Gasteiger partial charge in [0.05, 0.1) is 17.4 Å². The van der Waals surface area contributed by atoms with Crippen molar-refractivity contribution in [1.82, 2.24) is 23.4 Å². The molecule has 130 valence electrons. The number of pyridine rings is 2. The van der Waals surface area contributed by atoms with E-state index in [0.29, 0.717) is 16.7 Å². The summed E-state index contributed by atoms with van der Waals surface area (Å²) in [5.41, 5.74) is 3.22. The van der Waals surface area contributed by atoms with Crippen molar-refractivity contribution in [2.75, 3.05) is 0 Å². The lowest BCUT2D eigenvalue weighted by Gasteiger charge is -2.10. The highest BCUT2D eigenvalue weighted by molar-refractivity contribution is 7.89. The Kier molecular flexibility index (Phi) is 4.41. The Bertz CT molecular complexity index is 1160. The van der Waals surface area contributed by atoms with E-state index in [1.54, 1.807) is 36.8 Å². The predicted molar refractivity (Wildman–Crippen MR) is 98.9 cm³/mol. The number of fused-ring (bicyclic) bond motifs is 1. The second kappa shape index (κ2) is 6.87. The number of hydrogen-bond acceptors (Lipinski definition) is 7. The number of nitrogens with zero attached hydrogens (tertiary/aromatic N) is 4. The molecule has 0 atom stereocenters. The van der Waals surface area contributed by atoms with Gasteiger partial charge in [-0.3, -0.25) is 9.97 Å². The fraction of sp³-hybridized carbons (Fsp3) is 0.0588. The first-order valence-corrected chi connectivity index (χ1v) is 9.92. The minimum Gasteiger partial charge on any atom is -0.264 e. The normalized spacial score (nSPS) is 11.7. The molecule has 0 amide bonds. The Morgan fingerprint density at radius 2 is 1.88 bits per heavy atom. The lowest BCUT2D eigenvalue weighted by molar-refractivity contribution is 0.582. The first kappa shape index (κ1) is 16.7. The van der Waals surface area contributed by atoms with Gasteiger partial charge in [-0.25, -0.2) is 13.1 Å². The molecule has 7 nitrogen and oxygen atoms in total. The van der Waals surface area contributed by atoms with E-state index in [-0.39, 0.29) is 11.4 Å². The lowest BCUT2D eigenvalue weighted by Crippen LogP contribution is -2.24. The van der Waals surface area contributed by atoms with Gasteiger partial charge in [0.2, 0.25) is 10.0 Å². The van der Waals surface area contributed by atoms with Crippen molar-refractivity contribution in [2.45, 2.75) is 11.4 Å². The van der Waals surface area contributed by atoms with Gasteiger partial charge >= 0.3 is 0 Å². The number of hydrogen-bond donors (Lipinski definition) is 1. The monoisotopic (exact) mass is 383 g/mol.